The van der Waals surface area contributed by atoms with Crippen molar-refractivity contribution in [2.24, 2.45) is 5.92 Å². The third kappa shape index (κ3) is 1.75. The molecular weight excluding hydrogens is 216 g/mol. The lowest BCUT2D eigenvalue weighted by molar-refractivity contribution is -0.0266. The molecule has 2 unspecified atom stereocenters. The highest BCUT2D eigenvalue weighted by Crippen LogP contribution is 2.37. The number of hydrogen-bond donors (Lipinski definition) is 1. The molecule has 90 valence electrons. The molecule has 0 amide bonds. The molecule has 1 aliphatic rings. The van der Waals surface area contributed by atoms with E-state index in [4.69, 9.17) is 9.15 Å². The van der Waals surface area contributed by atoms with Gasteiger partial charge in [0, 0.05) is 17.9 Å². The van der Waals surface area contributed by atoms with Crippen molar-refractivity contribution < 1.29 is 14.3 Å². The van der Waals surface area contributed by atoms with Crippen LogP contribution in [0.25, 0.3) is 11.0 Å². The van der Waals surface area contributed by atoms with Crippen LogP contribution in [0, 0.1) is 5.92 Å². The molecule has 3 nitrogen and oxygen atoms in total. The van der Waals surface area contributed by atoms with Gasteiger partial charge in [0.25, 0.3) is 0 Å². The summed E-state index contributed by atoms with van der Waals surface area (Å²) >= 11 is 0. The topological polar surface area (TPSA) is 42.6 Å². The lowest BCUT2D eigenvalue weighted by Gasteiger charge is -2.26. The largest absolute Gasteiger partial charge is 0.458 e. The normalized spacial score (nSPS) is 24.0. The van der Waals surface area contributed by atoms with Crippen molar-refractivity contribution >= 4 is 11.0 Å². The fraction of sp³-hybridized carbons (Fsp3) is 0.429. The smallest absolute Gasteiger partial charge is 0.136 e. The molecule has 0 bridgehead atoms. The molecular formula is C14H16O3. The van der Waals surface area contributed by atoms with E-state index in [1.165, 1.54) is 0 Å². The van der Waals surface area contributed by atoms with Crippen molar-refractivity contribution in [3.8, 4) is 0 Å². The third-order valence-corrected chi connectivity index (χ3v) is 3.65. The van der Waals surface area contributed by atoms with E-state index in [2.05, 4.69) is 0 Å². The van der Waals surface area contributed by atoms with Crippen LogP contribution in [-0.2, 0) is 10.3 Å². The summed E-state index contributed by atoms with van der Waals surface area (Å²) in [6, 6.07) is 9.73. The fourth-order valence-electron chi connectivity index (χ4n) is 2.41. The van der Waals surface area contributed by atoms with Gasteiger partial charge in [-0.3, -0.25) is 0 Å². The summed E-state index contributed by atoms with van der Waals surface area (Å²) in [5.74, 6) is 0.747. The van der Waals surface area contributed by atoms with Gasteiger partial charge >= 0.3 is 0 Å². The molecule has 1 saturated heterocycles. The maximum absolute atomic E-state index is 10.6. The molecule has 1 fully saturated rings. The van der Waals surface area contributed by atoms with Crippen molar-refractivity contribution in [3.63, 3.8) is 0 Å². The molecule has 3 heteroatoms. The minimum absolute atomic E-state index is 0.114. The van der Waals surface area contributed by atoms with Gasteiger partial charge in [0.2, 0.25) is 0 Å². The van der Waals surface area contributed by atoms with Gasteiger partial charge < -0.3 is 14.3 Å². The number of hydrogen-bond acceptors (Lipinski definition) is 3. The van der Waals surface area contributed by atoms with Crippen LogP contribution in [0.5, 0.6) is 0 Å². The second kappa shape index (κ2) is 3.86. The van der Waals surface area contributed by atoms with Crippen molar-refractivity contribution in [2.75, 3.05) is 13.2 Å². The first-order valence-corrected chi connectivity index (χ1v) is 5.97. The zero-order valence-corrected chi connectivity index (χ0v) is 9.85. The SMILES string of the molecule is CC(O)(c1cc2ccccc2o1)C1CCOC1. The van der Waals surface area contributed by atoms with E-state index in [0.29, 0.717) is 12.4 Å². The molecule has 3 rings (SSSR count). The van der Waals surface area contributed by atoms with Crippen molar-refractivity contribution in [1.82, 2.24) is 0 Å². The lowest BCUT2D eigenvalue weighted by atomic mass is 9.86. The maximum Gasteiger partial charge on any atom is 0.136 e. The van der Waals surface area contributed by atoms with Crippen molar-refractivity contribution in [2.45, 2.75) is 18.9 Å². The van der Waals surface area contributed by atoms with E-state index < -0.39 is 5.60 Å². The standard InChI is InChI=1S/C14H16O3/c1-14(15,11-6-7-16-9-11)13-8-10-4-2-3-5-12(10)17-13/h2-5,8,11,15H,6-7,9H2,1H3. The molecule has 0 saturated carbocycles. The molecule has 1 aliphatic heterocycles. The van der Waals surface area contributed by atoms with E-state index in [0.717, 1.165) is 24.0 Å². The first-order chi connectivity index (χ1) is 8.18. The monoisotopic (exact) mass is 232 g/mol. The molecule has 2 heterocycles. The Bertz CT molecular complexity index is 488. The van der Waals surface area contributed by atoms with E-state index in [1.54, 1.807) is 0 Å². The molecule has 0 radical (unpaired) electrons. The first-order valence-electron chi connectivity index (χ1n) is 5.97. The highest BCUT2D eigenvalue weighted by Gasteiger charge is 2.39. The molecule has 1 N–H and O–H groups in total. The Hall–Kier alpha value is -1.32. The number of fused-ring (bicyclic) bond motifs is 1. The number of aliphatic hydroxyl groups is 1. The van der Waals surface area contributed by atoms with Crippen LogP contribution in [0.4, 0.5) is 0 Å². The third-order valence-electron chi connectivity index (χ3n) is 3.65. The summed E-state index contributed by atoms with van der Waals surface area (Å²) in [5, 5.41) is 11.6. The summed E-state index contributed by atoms with van der Waals surface area (Å²) in [6.45, 7) is 3.13. The molecule has 2 atom stereocenters. The summed E-state index contributed by atoms with van der Waals surface area (Å²) in [7, 11) is 0. The minimum atomic E-state index is -0.949. The predicted molar refractivity (Wildman–Crippen MR) is 64.7 cm³/mol. The molecule has 0 aliphatic carbocycles. The number of benzene rings is 1. The van der Waals surface area contributed by atoms with Crippen LogP contribution >= 0.6 is 0 Å². The van der Waals surface area contributed by atoms with Crippen molar-refractivity contribution in [1.29, 1.82) is 0 Å². The maximum atomic E-state index is 10.6. The zero-order chi connectivity index (χ0) is 11.9. The predicted octanol–water partition coefficient (Wildman–Crippen LogP) is 2.68. The Labute approximate surface area is 100.0 Å². The van der Waals surface area contributed by atoms with Gasteiger partial charge in [0.05, 0.1) is 6.61 Å². The van der Waals surface area contributed by atoms with Gasteiger partial charge in [-0.1, -0.05) is 18.2 Å². The Morgan fingerprint density at radius 1 is 1.35 bits per heavy atom. The Balaban J connectivity index is 2.01. The van der Waals surface area contributed by atoms with Gasteiger partial charge in [-0.25, -0.2) is 0 Å². The summed E-state index contributed by atoms with van der Waals surface area (Å²) in [4.78, 5) is 0. The van der Waals surface area contributed by atoms with E-state index in [-0.39, 0.29) is 5.92 Å². The Morgan fingerprint density at radius 3 is 2.88 bits per heavy atom. The minimum Gasteiger partial charge on any atom is -0.458 e. The van der Waals surface area contributed by atoms with Gasteiger partial charge in [0.1, 0.15) is 16.9 Å². The Morgan fingerprint density at radius 2 is 2.18 bits per heavy atom. The van der Waals surface area contributed by atoms with Gasteiger partial charge in [-0.2, -0.15) is 0 Å². The van der Waals surface area contributed by atoms with Crippen LogP contribution in [0.15, 0.2) is 34.7 Å². The van der Waals surface area contributed by atoms with Crippen LogP contribution < -0.4 is 0 Å². The van der Waals surface area contributed by atoms with Crippen LogP contribution in [0.1, 0.15) is 19.1 Å². The molecule has 1 aromatic heterocycles. The zero-order valence-electron chi connectivity index (χ0n) is 9.85. The second-order valence-corrected chi connectivity index (χ2v) is 4.86. The average Bonchev–Trinajstić information content (AvgIpc) is 2.98. The highest BCUT2D eigenvalue weighted by molar-refractivity contribution is 5.77. The average molecular weight is 232 g/mol. The lowest BCUT2D eigenvalue weighted by Crippen LogP contribution is -2.31. The number of furan rings is 1. The first kappa shape index (κ1) is 10.8. The summed E-state index contributed by atoms with van der Waals surface area (Å²) < 4.78 is 11.1. The molecule has 0 spiro atoms. The van der Waals surface area contributed by atoms with Crippen LogP contribution in [0.3, 0.4) is 0 Å². The van der Waals surface area contributed by atoms with Crippen molar-refractivity contribution in [3.05, 3.63) is 36.1 Å². The van der Waals surface area contributed by atoms with Gasteiger partial charge in [-0.15, -0.1) is 0 Å². The van der Waals surface area contributed by atoms with Gasteiger partial charge in [0.15, 0.2) is 0 Å². The van der Waals surface area contributed by atoms with Crippen LogP contribution in [-0.4, -0.2) is 18.3 Å². The quantitative estimate of drug-likeness (QED) is 0.865. The van der Waals surface area contributed by atoms with E-state index in [9.17, 15) is 5.11 Å². The Kier molecular flexibility index (Phi) is 2.45. The molecule has 2 aromatic rings. The summed E-state index contributed by atoms with van der Waals surface area (Å²) in [5.41, 5.74) is -0.128. The second-order valence-electron chi connectivity index (χ2n) is 4.86. The van der Waals surface area contributed by atoms with E-state index in [1.807, 2.05) is 37.3 Å². The fourth-order valence-corrected chi connectivity index (χ4v) is 2.41. The summed E-state index contributed by atoms with van der Waals surface area (Å²) in [6.07, 6.45) is 0.879. The molecule has 1 aromatic carbocycles. The number of para-hydroxylation sites is 1. The van der Waals surface area contributed by atoms with E-state index >= 15 is 0 Å². The van der Waals surface area contributed by atoms with Crippen LogP contribution in [0.2, 0.25) is 0 Å². The number of ether oxygens (including phenoxy) is 1. The molecule has 17 heavy (non-hydrogen) atoms. The number of rotatable bonds is 2. The highest BCUT2D eigenvalue weighted by atomic mass is 16.5. The van der Waals surface area contributed by atoms with Gasteiger partial charge in [-0.05, 0) is 25.5 Å².